The topological polar surface area (TPSA) is 46.8 Å². The Morgan fingerprint density at radius 2 is 1.75 bits per heavy atom. The van der Waals surface area contributed by atoms with Crippen LogP contribution in [0, 0.1) is 5.82 Å². The van der Waals surface area contributed by atoms with Crippen molar-refractivity contribution in [2.75, 3.05) is 11.5 Å². The smallest absolute Gasteiger partial charge is 0.265 e. The second-order valence-electron chi connectivity index (χ2n) is 6.21. The highest BCUT2D eigenvalue weighted by molar-refractivity contribution is 5.94. The fourth-order valence-electron chi connectivity index (χ4n) is 2.97. The molecule has 4 aromatic rings. The third kappa shape index (κ3) is 3.71. The van der Waals surface area contributed by atoms with E-state index in [1.807, 2.05) is 59.1 Å². The van der Waals surface area contributed by atoms with Crippen LogP contribution in [0.5, 0.6) is 5.75 Å². The Hall–Kier alpha value is -3.67. The monoisotopic (exact) mass is 375 g/mol. The first-order valence-electron chi connectivity index (χ1n) is 8.86. The molecule has 0 radical (unpaired) electrons. The molecule has 0 atom stereocenters. The number of benzene rings is 2. The number of anilines is 1. The van der Waals surface area contributed by atoms with Gasteiger partial charge in [0.1, 0.15) is 5.65 Å². The Morgan fingerprint density at radius 1 is 1.00 bits per heavy atom. The molecule has 0 bridgehead atoms. The van der Waals surface area contributed by atoms with Crippen LogP contribution in [-0.4, -0.2) is 21.9 Å². The zero-order valence-electron chi connectivity index (χ0n) is 15.0. The van der Waals surface area contributed by atoms with Crippen LogP contribution in [0.4, 0.5) is 10.1 Å². The predicted octanol–water partition coefficient (Wildman–Crippen LogP) is 4.09. The maximum atomic E-state index is 13.8. The van der Waals surface area contributed by atoms with E-state index in [0.29, 0.717) is 6.54 Å². The highest BCUT2D eigenvalue weighted by atomic mass is 19.1. The standard InChI is InChI=1S/C22H18FN3O2/c23-19-10-4-5-11-20(19)28-16-22(27)26(17-8-2-1-3-9-17)15-18-14-24-21-12-6-7-13-25(18)21/h1-14H,15-16H2. The lowest BCUT2D eigenvalue weighted by atomic mass is 10.2. The van der Waals surface area contributed by atoms with Gasteiger partial charge in [-0.05, 0) is 36.4 Å². The Balaban J connectivity index is 1.59. The van der Waals surface area contributed by atoms with Gasteiger partial charge < -0.3 is 14.0 Å². The van der Waals surface area contributed by atoms with Gasteiger partial charge >= 0.3 is 0 Å². The average Bonchev–Trinajstić information content (AvgIpc) is 3.15. The zero-order chi connectivity index (χ0) is 19.3. The minimum atomic E-state index is -0.497. The van der Waals surface area contributed by atoms with E-state index in [9.17, 15) is 9.18 Å². The maximum Gasteiger partial charge on any atom is 0.265 e. The van der Waals surface area contributed by atoms with Gasteiger partial charge in [-0.3, -0.25) is 4.79 Å². The summed E-state index contributed by atoms with van der Waals surface area (Å²) in [7, 11) is 0. The number of aromatic nitrogens is 2. The molecule has 0 aliphatic heterocycles. The SMILES string of the molecule is O=C(COc1ccccc1F)N(Cc1cnc2ccccn12)c1ccccc1. The molecular formula is C22H18FN3O2. The molecule has 5 nitrogen and oxygen atoms in total. The van der Waals surface area contributed by atoms with Gasteiger partial charge in [0, 0.05) is 11.9 Å². The van der Waals surface area contributed by atoms with Crippen LogP contribution in [0.25, 0.3) is 5.65 Å². The summed E-state index contributed by atoms with van der Waals surface area (Å²) in [4.78, 5) is 18.9. The van der Waals surface area contributed by atoms with Gasteiger partial charge in [0.05, 0.1) is 18.4 Å². The van der Waals surface area contributed by atoms with Gasteiger partial charge in [-0.2, -0.15) is 0 Å². The van der Waals surface area contributed by atoms with E-state index in [1.54, 1.807) is 23.2 Å². The molecule has 6 heteroatoms. The fourth-order valence-corrected chi connectivity index (χ4v) is 2.97. The number of carbonyl (C=O) groups excluding carboxylic acids is 1. The summed E-state index contributed by atoms with van der Waals surface area (Å²) in [6.45, 7) is 0.0429. The van der Waals surface area contributed by atoms with E-state index >= 15 is 0 Å². The molecule has 4 rings (SSSR count). The fraction of sp³-hybridized carbons (Fsp3) is 0.0909. The Kier molecular flexibility index (Phi) is 5.01. The maximum absolute atomic E-state index is 13.8. The molecule has 1 amide bonds. The normalized spacial score (nSPS) is 10.8. The van der Waals surface area contributed by atoms with Crippen LogP contribution < -0.4 is 9.64 Å². The number of rotatable bonds is 6. The lowest BCUT2D eigenvalue weighted by molar-refractivity contribution is -0.120. The predicted molar refractivity (Wildman–Crippen MR) is 105 cm³/mol. The second kappa shape index (κ2) is 7.92. The van der Waals surface area contributed by atoms with Gasteiger partial charge in [-0.15, -0.1) is 0 Å². The highest BCUT2D eigenvalue weighted by Crippen LogP contribution is 2.20. The summed E-state index contributed by atoms with van der Waals surface area (Å²) < 4.78 is 21.1. The van der Waals surface area contributed by atoms with Crippen LogP contribution in [-0.2, 0) is 11.3 Å². The molecule has 2 aromatic carbocycles. The summed E-state index contributed by atoms with van der Waals surface area (Å²) >= 11 is 0. The number of ether oxygens (including phenoxy) is 1. The molecule has 140 valence electrons. The van der Waals surface area contributed by atoms with Crippen molar-refractivity contribution in [3.8, 4) is 5.75 Å². The summed E-state index contributed by atoms with van der Waals surface area (Å²) in [5.74, 6) is -0.720. The van der Waals surface area contributed by atoms with Crippen LogP contribution in [0.3, 0.4) is 0 Å². The first-order valence-corrected chi connectivity index (χ1v) is 8.86. The minimum absolute atomic E-state index is 0.0543. The number of para-hydroxylation sites is 2. The number of nitrogens with zero attached hydrogens (tertiary/aromatic N) is 3. The first kappa shape index (κ1) is 17.7. The molecule has 2 aromatic heterocycles. The molecule has 0 aliphatic rings. The van der Waals surface area contributed by atoms with E-state index in [2.05, 4.69) is 4.98 Å². The minimum Gasteiger partial charge on any atom is -0.481 e. The molecule has 0 saturated heterocycles. The lowest BCUT2D eigenvalue weighted by Gasteiger charge is -2.23. The summed E-state index contributed by atoms with van der Waals surface area (Å²) in [5.41, 5.74) is 2.40. The summed E-state index contributed by atoms with van der Waals surface area (Å²) in [5, 5.41) is 0. The van der Waals surface area contributed by atoms with E-state index in [0.717, 1.165) is 17.0 Å². The van der Waals surface area contributed by atoms with Crippen molar-refractivity contribution >= 4 is 17.2 Å². The van der Waals surface area contributed by atoms with Crippen molar-refractivity contribution in [2.45, 2.75) is 6.54 Å². The Bertz CT molecular complexity index is 1100. The quantitative estimate of drug-likeness (QED) is 0.510. The van der Waals surface area contributed by atoms with Crippen LogP contribution >= 0.6 is 0 Å². The zero-order valence-corrected chi connectivity index (χ0v) is 15.0. The van der Waals surface area contributed by atoms with Crippen LogP contribution in [0.1, 0.15) is 5.69 Å². The lowest BCUT2D eigenvalue weighted by Crippen LogP contribution is -2.35. The molecular weight excluding hydrogens is 357 g/mol. The van der Waals surface area contributed by atoms with Gasteiger partial charge in [0.2, 0.25) is 0 Å². The summed E-state index contributed by atoms with van der Waals surface area (Å²) in [6.07, 6.45) is 3.65. The molecule has 2 heterocycles. The number of carbonyl (C=O) groups is 1. The van der Waals surface area contributed by atoms with Crippen LogP contribution in [0.2, 0.25) is 0 Å². The largest absolute Gasteiger partial charge is 0.481 e. The van der Waals surface area contributed by atoms with Crippen molar-refractivity contribution in [3.05, 3.63) is 96.7 Å². The van der Waals surface area contributed by atoms with Gasteiger partial charge in [0.25, 0.3) is 5.91 Å². The van der Waals surface area contributed by atoms with Crippen molar-refractivity contribution < 1.29 is 13.9 Å². The third-order valence-corrected chi connectivity index (χ3v) is 4.37. The van der Waals surface area contributed by atoms with Gasteiger partial charge in [-0.25, -0.2) is 9.37 Å². The van der Waals surface area contributed by atoms with Gasteiger partial charge in [-0.1, -0.05) is 36.4 Å². The molecule has 0 fully saturated rings. The summed E-state index contributed by atoms with van der Waals surface area (Å²) in [6, 6.07) is 21.1. The number of hydrogen-bond donors (Lipinski definition) is 0. The number of hydrogen-bond acceptors (Lipinski definition) is 3. The number of fused-ring (bicyclic) bond motifs is 1. The van der Waals surface area contributed by atoms with E-state index in [4.69, 9.17) is 4.74 Å². The van der Waals surface area contributed by atoms with Crippen molar-refractivity contribution in [1.82, 2.24) is 9.38 Å². The number of amides is 1. The number of halogens is 1. The Morgan fingerprint density at radius 3 is 2.57 bits per heavy atom. The van der Waals surface area contributed by atoms with E-state index < -0.39 is 5.82 Å². The molecule has 0 spiro atoms. The molecule has 0 unspecified atom stereocenters. The second-order valence-corrected chi connectivity index (χ2v) is 6.21. The van der Waals surface area contributed by atoms with Crippen molar-refractivity contribution in [3.63, 3.8) is 0 Å². The third-order valence-electron chi connectivity index (χ3n) is 4.37. The van der Waals surface area contributed by atoms with E-state index in [-0.39, 0.29) is 18.3 Å². The number of pyridine rings is 1. The Labute approximate surface area is 161 Å². The molecule has 0 aliphatic carbocycles. The molecule has 28 heavy (non-hydrogen) atoms. The highest BCUT2D eigenvalue weighted by Gasteiger charge is 2.19. The van der Waals surface area contributed by atoms with Crippen molar-refractivity contribution in [2.24, 2.45) is 0 Å². The van der Waals surface area contributed by atoms with Crippen molar-refractivity contribution in [1.29, 1.82) is 0 Å². The molecule has 0 N–H and O–H groups in total. The average molecular weight is 375 g/mol. The molecule has 0 saturated carbocycles. The van der Waals surface area contributed by atoms with E-state index in [1.165, 1.54) is 12.1 Å². The van der Waals surface area contributed by atoms with Crippen LogP contribution in [0.15, 0.2) is 85.2 Å². The first-order chi connectivity index (χ1) is 13.7. The number of imidazole rings is 1. The van der Waals surface area contributed by atoms with Gasteiger partial charge in [0.15, 0.2) is 18.2 Å².